The van der Waals surface area contributed by atoms with E-state index in [0.717, 1.165) is 16.9 Å². The fraction of sp³-hybridized carbons (Fsp3) is 0.0588. The van der Waals surface area contributed by atoms with Gasteiger partial charge in [-0.2, -0.15) is 0 Å². The van der Waals surface area contributed by atoms with Crippen LogP contribution in [0.2, 0.25) is 0 Å². The monoisotopic (exact) mass is 295 g/mol. The van der Waals surface area contributed by atoms with Crippen molar-refractivity contribution in [1.82, 2.24) is 5.16 Å². The summed E-state index contributed by atoms with van der Waals surface area (Å²) in [5.41, 5.74) is 2.34. The topological polar surface area (TPSA) is 72.6 Å². The minimum absolute atomic E-state index is 0.181. The molecule has 110 valence electrons. The predicted molar refractivity (Wildman–Crippen MR) is 79.7 cm³/mol. The number of hydrogen-bond acceptors (Lipinski definition) is 4. The van der Waals surface area contributed by atoms with Gasteiger partial charge in [-0.05, 0) is 29.8 Å². The molecule has 0 atom stereocenters. The first-order chi connectivity index (χ1) is 10.7. The molecule has 0 radical (unpaired) electrons. The van der Waals surface area contributed by atoms with Gasteiger partial charge in [-0.25, -0.2) is 4.79 Å². The molecule has 1 N–H and O–H groups in total. The van der Waals surface area contributed by atoms with Gasteiger partial charge in [0.2, 0.25) is 5.76 Å². The van der Waals surface area contributed by atoms with Gasteiger partial charge in [-0.15, -0.1) is 0 Å². The van der Waals surface area contributed by atoms with Crippen molar-refractivity contribution in [2.24, 2.45) is 0 Å². The van der Waals surface area contributed by atoms with E-state index in [1.54, 1.807) is 0 Å². The summed E-state index contributed by atoms with van der Waals surface area (Å²) in [7, 11) is 0. The standard InChI is InChI=1S/C17H13NO4/c19-17(20)16-10-15(18-22-16)13-6-8-14(9-7-13)21-11-12-4-2-1-3-5-12/h1-10H,11H2,(H,19,20). The normalized spacial score (nSPS) is 10.4. The summed E-state index contributed by atoms with van der Waals surface area (Å²) in [6.07, 6.45) is 0. The summed E-state index contributed by atoms with van der Waals surface area (Å²) in [6, 6.07) is 18.5. The maximum Gasteiger partial charge on any atom is 0.374 e. The van der Waals surface area contributed by atoms with Crippen molar-refractivity contribution in [2.45, 2.75) is 6.61 Å². The first-order valence-electron chi connectivity index (χ1n) is 6.69. The number of rotatable bonds is 5. The Morgan fingerprint density at radius 2 is 1.82 bits per heavy atom. The molecule has 3 aromatic rings. The summed E-state index contributed by atoms with van der Waals surface area (Å²) in [5, 5.41) is 12.5. The van der Waals surface area contributed by atoms with Crippen LogP contribution in [0.4, 0.5) is 0 Å². The fourth-order valence-corrected chi connectivity index (χ4v) is 1.97. The van der Waals surface area contributed by atoms with E-state index in [0.29, 0.717) is 12.3 Å². The minimum atomic E-state index is -1.14. The van der Waals surface area contributed by atoms with Gasteiger partial charge >= 0.3 is 5.97 Å². The third-order valence-electron chi connectivity index (χ3n) is 3.12. The summed E-state index contributed by atoms with van der Waals surface area (Å²) in [6.45, 7) is 0.493. The molecule has 0 aliphatic carbocycles. The largest absolute Gasteiger partial charge is 0.489 e. The van der Waals surface area contributed by atoms with E-state index in [1.807, 2.05) is 54.6 Å². The van der Waals surface area contributed by atoms with Crippen LogP contribution in [0, 0.1) is 0 Å². The van der Waals surface area contributed by atoms with Crippen LogP contribution in [-0.2, 0) is 6.61 Å². The van der Waals surface area contributed by atoms with Crippen molar-refractivity contribution in [1.29, 1.82) is 0 Å². The average molecular weight is 295 g/mol. The number of benzene rings is 2. The van der Waals surface area contributed by atoms with Crippen molar-refractivity contribution < 1.29 is 19.2 Å². The van der Waals surface area contributed by atoms with E-state index in [9.17, 15) is 4.79 Å². The van der Waals surface area contributed by atoms with Gasteiger partial charge in [-0.3, -0.25) is 0 Å². The molecule has 0 aliphatic rings. The third kappa shape index (κ3) is 3.15. The van der Waals surface area contributed by atoms with Crippen LogP contribution in [0.3, 0.4) is 0 Å². The Balaban J connectivity index is 1.68. The molecule has 0 saturated carbocycles. The fourth-order valence-electron chi connectivity index (χ4n) is 1.97. The second kappa shape index (κ2) is 6.13. The van der Waals surface area contributed by atoms with E-state index in [2.05, 4.69) is 5.16 Å². The Labute approximate surface area is 126 Å². The van der Waals surface area contributed by atoms with Gasteiger partial charge in [-0.1, -0.05) is 35.5 Å². The van der Waals surface area contributed by atoms with Gasteiger partial charge in [0.1, 0.15) is 18.1 Å². The number of carbonyl (C=O) groups is 1. The van der Waals surface area contributed by atoms with Gasteiger partial charge in [0.05, 0.1) is 0 Å². The molecule has 1 heterocycles. The lowest BCUT2D eigenvalue weighted by Gasteiger charge is -2.06. The molecule has 0 aliphatic heterocycles. The number of hydrogen-bond donors (Lipinski definition) is 1. The molecule has 0 saturated heterocycles. The van der Waals surface area contributed by atoms with E-state index in [-0.39, 0.29) is 5.76 Å². The molecule has 5 heteroatoms. The number of aromatic nitrogens is 1. The first kappa shape index (κ1) is 13.9. The lowest BCUT2D eigenvalue weighted by atomic mass is 10.1. The zero-order valence-electron chi connectivity index (χ0n) is 11.6. The number of ether oxygens (including phenoxy) is 1. The van der Waals surface area contributed by atoms with Crippen LogP contribution < -0.4 is 4.74 Å². The second-order valence-electron chi connectivity index (χ2n) is 4.68. The summed E-state index contributed by atoms with van der Waals surface area (Å²) < 4.78 is 10.4. The van der Waals surface area contributed by atoms with Gasteiger partial charge in [0.25, 0.3) is 0 Å². The van der Waals surface area contributed by atoms with Gasteiger partial charge in [0.15, 0.2) is 0 Å². The van der Waals surface area contributed by atoms with Crippen LogP contribution in [0.1, 0.15) is 16.1 Å². The quantitative estimate of drug-likeness (QED) is 0.778. The lowest BCUT2D eigenvalue weighted by molar-refractivity contribution is 0.0652. The van der Waals surface area contributed by atoms with Crippen molar-refractivity contribution in [3.05, 3.63) is 72.0 Å². The summed E-state index contributed by atoms with van der Waals surface area (Å²) in [5.74, 6) is -0.587. The summed E-state index contributed by atoms with van der Waals surface area (Å²) in [4.78, 5) is 10.8. The van der Waals surface area contributed by atoms with E-state index >= 15 is 0 Å². The maximum absolute atomic E-state index is 10.8. The Kier molecular flexibility index (Phi) is 3.87. The SMILES string of the molecule is O=C(O)c1cc(-c2ccc(OCc3ccccc3)cc2)no1. The molecular formula is C17H13NO4. The molecule has 0 spiro atoms. The van der Waals surface area contributed by atoms with Gasteiger partial charge < -0.3 is 14.4 Å². The first-order valence-corrected chi connectivity index (χ1v) is 6.69. The minimum Gasteiger partial charge on any atom is -0.489 e. The molecule has 0 fully saturated rings. The highest BCUT2D eigenvalue weighted by molar-refractivity contribution is 5.85. The Morgan fingerprint density at radius 1 is 1.09 bits per heavy atom. The van der Waals surface area contributed by atoms with Crippen LogP contribution in [0.15, 0.2) is 65.2 Å². The van der Waals surface area contributed by atoms with Crippen LogP contribution >= 0.6 is 0 Å². The van der Waals surface area contributed by atoms with Crippen molar-refractivity contribution in [2.75, 3.05) is 0 Å². The average Bonchev–Trinajstić information content (AvgIpc) is 3.05. The highest BCUT2D eigenvalue weighted by atomic mass is 16.5. The molecular weight excluding hydrogens is 282 g/mol. The van der Waals surface area contributed by atoms with Crippen molar-refractivity contribution >= 4 is 5.97 Å². The van der Waals surface area contributed by atoms with Gasteiger partial charge in [0, 0.05) is 11.6 Å². The van der Waals surface area contributed by atoms with E-state index < -0.39 is 5.97 Å². The smallest absolute Gasteiger partial charge is 0.374 e. The lowest BCUT2D eigenvalue weighted by Crippen LogP contribution is -1.94. The molecule has 0 bridgehead atoms. The summed E-state index contributed by atoms with van der Waals surface area (Å²) >= 11 is 0. The number of carboxylic acid groups (broad SMARTS) is 1. The second-order valence-corrected chi connectivity index (χ2v) is 4.68. The molecule has 5 nitrogen and oxygen atoms in total. The highest BCUT2D eigenvalue weighted by Crippen LogP contribution is 2.22. The van der Waals surface area contributed by atoms with Crippen molar-refractivity contribution in [3.8, 4) is 17.0 Å². The molecule has 22 heavy (non-hydrogen) atoms. The van der Waals surface area contributed by atoms with Crippen LogP contribution in [0.5, 0.6) is 5.75 Å². The number of nitrogens with zero attached hydrogens (tertiary/aromatic N) is 1. The van der Waals surface area contributed by atoms with E-state index in [4.69, 9.17) is 14.4 Å². The third-order valence-corrected chi connectivity index (χ3v) is 3.12. The molecule has 2 aromatic carbocycles. The van der Waals surface area contributed by atoms with E-state index in [1.165, 1.54) is 6.07 Å². The number of carboxylic acids is 1. The zero-order chi connectivity index (χ0) is 15.4. The Hall–Kier alpha value is -3.08. The van der Waals surface area contributed by atoms with Crippen molar-refractivity contribution in [3.63, 3.8) is 0 Å². The van der Waals surface area contributed by atoms with Crippen LogP contribution in [0.25, 0.3) is 11.3 Å². The Bertz CT molecular complexity index is 763. The molecule has 0 amide bonds. The Morgan fingerprint density at radius 3 is 2.45 bits per heavy atom. The number of aromatic carboxylic acids is 1. The molecule has 3 rings (SSSR count). The zero-order valence-corrected chi connectivity index (χ0v) is 11.6. The van der Waals surface area contributed by atoms with Crippen LogP contribution in [-0.4, -0.2) is 16.2 Å². The molecule has 1 aromatic heterocycles. The molecule has 0 unspecified atom stereocenters. The highest BCUT2D eigenvalue weighted by Gasteiger charge is 2.12. The maximum atomic E-state index is 10.8. The predicted octanol–water partition coefficient (Wildman–Crippen LogP) is 3.62.